The van der Waals surface area contributed by atoms with Gasteiger partial charge >= 0.3 is 0 Å². The van der Waals surface area contributed by atoms with Gasteiger partial charge in [-0.2, -0.15) is 5.10 Å². The van der Waals surface area contributed by atoms with Gasteiger partial charge in [0.25, 0.3) is 0 Å². The number of carbonyl (C=O) groups is 1. The van der Waals surface area contributed by atoms with Crippen LogP contribution in [0.4, 0.5) is 5.82 Å². The third-order valence-electron chi connectivity index (χ3n) is 1.99. The molecule has 1 amide bonds. The Bertz CT molecular complexity index is 409. The van der Waals surface area contributed by atoms with Crippen molar-refractivity contribution >= 4 is 28.9 Å². The molecule has 1 heterocycles. The second-order valence-electron chi connectivity index (χ2n) is 3.11. The van der Waals surface area contributed by atoms with Crippen LogP contribution in [0, 0.1) is 0 Å². The molecular formula is C9H13N5OS. The van der Waals surface area contributed by atoms with Crippen LogP contribution in [0.15, 0.2) is 12.3 Å². The van der Waals surface area contributed by atoms with Gasteiger partial charge in [-0.25, -0.2) is 0 Å². The van der Waals surface area contributed by atoms with E-state index < -0.39 is 5.91 Å². The van der Waals surface area contributed by atoms with E-state index in [-0.39, 0.29) is 11.5 Å². The second kappa shape index (κ2) is 5.36. The maximum atomic E-state index is 10.9. The zero-order chi connectivity index (χ0) is 12.1. The van der Waals surface area contributed by atoms with Crippen molar-refractivity contribution in [2.24, 2.45) is 11.5 Å². The highest BCUT2D eigenvalue weighted by Crippen LogP contribution is 2.15. The number of hydrogen-bond acceptors (Lipinski definition) is 5. The summed E-state index contributed by atoms with van der Waals surface area (Å²) < 4.78 is 0. The summed E-state index contributed by atoms with van der Waals surface area (Å²) in [5, 5.41) is 7.67. The monoisotopic (exact) mass is 239 g/mol. The molecule has 0 unspecified atom stereocenters. The number of amides is 1. The van der Waals surface area contributed by atoms with Gasteiger partial charge in [0, 0.05) is 6.54 Å². The zero-order valence-corrected chi connectivity index (χ0v) is 9.70. The van der Waals surface area contributed by atoms with Crippen molar-refractivity contribution in [1.82, 2.24) is 10.2 Å². The van der Waals surface area contributed by atoms with E-state index in [1.54, 1.807) is 11.0 Å². The summed E-state index contributed by atoms with van der Waals surface area (Å²) in [7, 11) is 0. The van der Waals surface area contributed by atoms with Gasteiger partial charge < -0.3 is 16.4 Å². The summed E-state index contributed by atoms with van der Waals surface area (Å²) in [4.78, 5) is 12.8. The fraction of sp³-hybridized carbons (Fsp3) is 0.333. The molecule has 1 aromatic heterocycles. The zero-order valence-electron chi connectivity index (χ0n) is 8.88. The summed E-state index contributed by atoms with van der Waals surface area (Å²) in [6.45, 7) is 2.50. The van der Waals surface area contributed by atoms with Gasteiger partial charge in [-0.3, -0.25) is 4.79 Å². The number of thiocarbonyl (C=S) groups is 1. The van der Waals surface area contributed by atoms with E-state index in [0.29, 0.717) is 17.9 Å². The van der Waals surface area contributed by atoms with E-state index in [1.165, 1.54) is 6.20 Å². The summed E-state index contributed by atoms with van der Waals surface area (Å²) >= 11 is 4.90. The number of anilines is 1. The number of carbonyl (C=O) groups excluding carboxylic acids is 1. The summed E-state index contributed by atoms with van der Waals surface area (Å²) in [5.41, 5.74) is 11.3. The average molecular weight is 239 g/mol. The van der Waals surface area contributed by atoms with Crippen LogP contribution in [0.3, 0.4) is 0 Å². The van der Waals surface area contributed by atoms with Crippen LogP contribution >= 0.6 is 12.2 Å². The molecule has 0 bridgehead atoms. The number of rotatable bonds is 5. The molecule has 0 saturated carbocycles. The van der Waals surface area contributed by atoms with Crippen molar-refractivity contribution in [2.45, 2.75) is 6.92 Å². The van der Waals surface area contributed by atoms with Gasteiger partial charge in [-0.1, -0.05) is 12.2 Å². The fourth-order valence-electron chi connectivity index (χ4n) is 1.27. The first kappa shape index (κ1) is 12.3. The van der Waals surface area contributed by atoms with Gasteiger partial charge in [-0.15, -0.1) is 5.10 Å². The molecule has 0 aromatic carbocycles. The van der Waals surface area contributed by atoms with Crippen molar-refractivity contribution in [2.75, 3.05) is 18.0 Å². The minimum atomic E-state index is -0.443. The number of nitrogens with zero attached hydrogens (tertiary/aromatic N) is 3. The van der Waals surface area contributed by atoms with E-state index in [0.717, 1.165) is 0 Å². The van der Waals surface area contributed by atoms with Crippen LogP contribution in [-0.2, 0) is 4.79 Å². The number of nitrogens with two attached hydrogens (primary N) is 2. The van der Waals surface area contributed by atoms with Gasteiger partial charge in [0.15, 0.2) is 5.82 Å². The average Bonchev–Trinajstić information content (AvgIpc) is 2.25. The van der Waals surface area contributed by atoms with Gasteiger partial charge in [0.05, 0.1) is 18.3 Å². The van der Waals surface area contributed by atoms with Crippen molar-refractivity contribution in [3.05, 3.63) is 17.8 Å². The minimum Gasteiger partial charge on any atom is -0.389 e. The summed E-state index contributed by atoms with van der Waals surface area (Å²) in [6, 6.07) is 1.66. The standard InChI is InChI=1S/C9H13N5OS/c1-2-14(5-7(10)15)9-6(8(11)16)3-4-12-13-9/h3-4H,2,5H2,1H3,(H2,10,15)(H2,11,16). The molecule has 0 fully saturated rings. The van der Waals surface area contributed by atoms with Crippen LogP contribution in [0.5, 0.6) is 0 Å². The van der Waals surface area contributed by atoms with Crippen LogP contribution in [-0.4, -0.2) is 34.2 Å². The molecule has 0 atom stereocenters. The number of hydrogen-bond donors (Lipinski definition) is 2. The maximum Gasteiger partial charge on any atom is 0.236 e. The molecule has 0 aliphatic rings. The normalized spacial score (nSPS) is 9.81. The molecule has 6 nitrogen and oxygen atoms in total. The van der Waals surface area contributed by atoms with Gasteiger partial charge in [0.2, 0.25) is 5.91 Å². The topological polar surface area (TPSA) is 98.1 Å². The first-order valence-electron chi connectivity index (χ1n) is 4.71. The summed E-state index contributed by atoms with van der Waals surface area (Å²) in [6.07, 6.45) is 1.50. The Morgan fingerprint density at radius 2 is 2.25 bits per heavy atom. The molecular weight excluding hydrogens is 226 g/mol. The first-order valence-corrected chi connectivity index (χ1v) is 5.11. The van der Waals surface area contributed by atoms with E-state index >= 15 is 0 Å². The SMILES string of the molecule is CCN(CC(N)=O)c1nnccc1C(N)=S. The van der Waals surface area contributed by atoms with Crippen LogP contribution < -0.4 is 16.4 Å². The Labute approximate surface area is 98.6 Å². The first-order chi connectivity index (χ1) is 7.56. The molecule has 0 saturated heterocycles. The van der Waals surface area contributed by atoms with E-state index in [1.807, 2.05) is 6.92 Å². The van der Waals surface area contributed by atoms with E-state index in [2.05, 4.69) is 10.2 Å². The lowest BCUT2D eigenvalue weighted by atomic mass is 10.2. The molecule has 86 valence electrons. The predicted octanol–water partition coefficient (Wildman–Crippen LogP) is -0.578. The molecule has 0 aliphatic carbocycles. The van der Waals surface area contributed by atoms with Gasteiger partial charge in [-0.05, 0) is 13.0 Å². The largest absolute Gasteiger partial charge is 0.389 e. The Kier molecular flexibility index (Phi) is 4.12. The fourth-order valence-corrected chi connectivity index (χ4v) is 1.43. The lowest BCUT2D eigenvalue weighted by Crippen LogP contribution is -2.35. The molecule has 0 spiro atoms. The minimum absolute atomic E-state index is 0.0603. The molecule has 0 radical (unpaired) electrons. The van der Waals surface area contributed by atoms with Crippen LogP contribution in [0.25, 0.3) is 0 Å². The Balaban J connectivity index is 3.08. The van der Waals surface area contributed by atoms with Crippen LogP contribution in [0.1, 0.15) is 12.5 Å². The molecule has 1 rings (SSSR count). The quantitative estimate of drug-likeness (QED) is 0.667. The molecule has 7 heteroatoms. The number of primary amides is 1. The smallest absolute Gasteiger partial charge is 0.236 e. The maximum absolute atomic E-state index is 10.9. The molecule has 16 heavy (non-hydrogen) atoms. The van der Waals surface area contributed by atoms with E-state index in [4.69, 9.17) is 23.7 Å². The second-order valence-corrected chi connectivity index (χ2v) is 3.55. The predicted molar refractivity (Wildman–Crippen MR) is 65.0 cm³/mol. The highest BCUT2D eigenvalue weighted by Gasteiger charge is 2.15. The van der Waals surface area contributed by atoms with Crippen molar-refractivity contribution < 1.29 is 4.79 Å². The highest BCUT2D eigenvalue weighted by atomic mass is 32.1. The molecule has 4 N–H and O–H groups in total. The third-order valence-corrected chi connectivity index (χ3v) is 2.21. The van der Waals surface area contributed by atoms with Crippen LogP contribution in [0.2, 0.25) is 0 Å². The lowest BCUT2D eigenvalue weighted by molar-refractivity contribution is -0.116. The Morgan fingerprint density at radius 1 is 1.56 bits per heavy atom. The van der Waals surface area contributed by atoms with Gasteiger partial charge in [0.1, 0.15) is 4.99 Å². The van der Waals surface area contributed by atoms with Crippen molar-refractivity contribution in [1.29, 1.82) is 0 Å². The van der Waals surface area contributed by atoms with E-state index in [9.17, 15) is 4.79 Å². The Morgan fingerprint density at radius 3 is 2.75 bits per heavy atom. The Hall–Kier alpha value is -1.76. The number of likely N-dealkylation sites (N-methyl/N-ethyl adjacent to an activating group) is 1. The lowest BCUT2D eigenvalue weighted by Gasteiger charge is -2.21. The highest BCUT2D eigenvalue weighted by molar-refractivity contribution is 7.80. The molecule has 0 aliphatic heterocycles. The number of aromatic nitrogens is 2. The van der Waals surface area contributed by atoms with Crippen molar-refractivity contribution in [3.8, 4) is 0 Å². The molecule has 1 aromatic rings. The van der Waals surface area contributed by atoms with Crippen molar-refractivity contribution in [3.63, 3.8) is 0 Å². The third kappa shape index (κ3) is 2.86. The summed E-state index contributed by atoms with van der Waals surface area (Å²) in [5.74, 6) is 0.0395.